The van der Waals surface area contributed by atoms with E-state index in [1.807, 2.05) is 6.07 Å². The Labute approximate surface area is 72.0 Å². The maximum atomic E-state index is 5.54. The van der Waals surface area contributed by atoms with Crippen molar-refractivity contribution < 1.29 is 0 Å². The molecule has 0 aromatic carbocycles. The standard InChI is InChI=1S/C9H13N3/c1-2-6-3-4-7-5-8(10)11-12-9(6)7/h5-6H,2-4H2,1H3,(H2,10,11). The molecule has 0 saturated heterocycles. The zero-order valence-electron chi connectivity index (χ0n) is 7.25. The van der Waals surface area contributed by atoms with Crippen LogP contribution in [0.2, 0.25) is 0 Å². The molecule has 2 N–H and O–H groups in total. The number of nitrogen functional groups attached to an aromatic ring is 1. The second-order valence-corrected chi connectivity index (χ2v) is 3.32. The molecule has 0 amide bonds. The van der Waals surface area contributed by atoms with Crippen LogP contribution in [-0.2, 0) is 6.42 Å². The fraction of sp³-hybridized carbons (Fsp3) is 0.556. The lowest BCUT2D eigenvalue weighted by Crippen LogP contribution is -2.00. The lowest BCUT2D eigenvalue weighted by Gasteiger charge is -2.04. The van der Waals surface area contributed by atoms with Crippen LogP contribution >= 0.6 is 0 Å². The van der Waals surface area contributed by atoms with Crippen molar-refractivity contribution >= 4 is 5.82 Å². The number of rotatable bonds is 1. The summed E-state index contributed by atoms with van der Waals surface area (Å²) in [6, 6.07) is 1.96. The molecule has 1 aromatic heterocycles. The highest BCUT2D eigenvalue weighted by Crippen LogP contribution is 2.33. The van der Waals surface area contributed by atoms with E-state index in [2.05, 4.69) is 17.1 Å². The third-order valence-corrected chi connectivity index (χ3v) is 2.57. The summed E-state index contributed by atoms with van der Waals surface area (Å²) in [4.78, 5) is 0. The van der Waals surface area contributed by atoms with Gasteiger partial charge in [0.1, 0.15) is 5.82 Å². The summed E-state index contributed by atoms with van der Waals surface area (Å²) >= 11 is 0. The van der Waals surface area contributed by atoms with E-state index < -0.39 is 0 Å². The first-order chi connectivity index (χ1) is 5.81. The van der Waals surface area contributed by atoms with Gasteiger partial charge in [-0.05, 0) is 30.9 Å². The van der Waals surface area contributed by atoms with Crippen LogP contribution in [0.25, 0.3) is 0 Å². The zero-order chi connectivity index (χ0) is 8.55. The number of fused-ring (bicyclic) bond motifs is 1. The monoisotopic (exact) mass is 163 g/mol. The van der Waals surface area contributed by atoms with Gasteiger partial charge < -0.3 is 5.73 Å². The molecule has 0 saturated carbocycles. The van der Waals surface area contributed by atoms with Gasteiger partial charge in [0.05, 0.1) is 5.69 Å². The normalized spacial score (nSPS) is 20.9. The summed E-state index contributed by atoms with van der Waals surface area (Å²) in [6.45, 7) is 2.19. The lowest BCUT2D eigenvalue weighted by molar-refractivity contribution is 0.635. The number of anilines is 1. The second kappa shape index (κ2) is 2.73. The minimum Gasteiger partial charge on any atom is -0.382 e. The summed E-state index contributed by atoms with van der Waals surface area (Å²) in [6.07, 6.45) is 3.49. The number of nitrogens with two attached hydrogens (primary N) is 1. The first-order valence-electron chi connectivity index (χ1n) is 4.43. The van der Waals surface area contributed by atoms with Crippen LogP contribution in [0.15, 0.2) is 6.07 Å². The largest absolute Gasteiger partial charge is 0.382 e. The van der Waals surface area contributed by atoms with E-state index in [1.165, 1.54) is 17.7 Å². The van der Waals surface area contributed by atoms with Crippen LogP contribution < -0.4 is 5.73 Å². The van der Waals surface area contributed by atoms with Crippen LogP contribution in [0, 0.1) is 0 Å². The molecule has 1 aliphatic carbocycles. The summed E-state index contributed by atoms with van der Waals surface area (Å²) in [7, 11) is 0. The van der Waals surface area contributed by atoms with E-state index in [1.54, 1.807) is 0 Å². The Morgan fingerprint density at radius 2 is 2.42 bits per heavy atom. The average Bonchev–Trinajstić information content (AvgIpc) is 2.46. The Morgan fingerprint density at radius 3 is 3.17 bits per heavy atom. The predicted molar refractivity (Wildman–Crippen MR) is 47.8 cm³/mol. The molecule has 0 fully saturated rings. The molecule has 0 spiro atoms. The van der Waals surface area contributed by atoms with Crippen molar-refractivity contribution in [3.63, 3.8) is 0 Å². The Morgan fingerprint density at radius 1 is 1.58 bits per heavy atom. The van der Waals surface area contributed by atoms with Crippen LogP contribution in [-0.4, -0.2) is 10.2 Å². The molecule has 3 heteroatoms. The maximum Gasteiger partial charge on any atom is 0.146 e. The Balaban J connectivity index is 2.40. The van der Waals surface area contributed by atoms with Gasteiger partial charge in [0.25, 0.3) is 0 Å². The molecule has 3 nitrogen and oxygen atoms in total. The molecular formula is C9H13N3. The van der Waals surface area contributed by atoms with Gasteiger partial charge in [-0.15, -0.1) is 5.10 Å². The molecule has 1 atom stereocenters. The van der Waals surface area contributed by atoms with Crippen LogP contribution in [0.5, 0.6) is 0 Å². The molecule has 1 heterocycles. The Bertz CT molecular complexity index is 296. The van der Waals surface area contributed by atoms with Gasteiger partial charge in [0.2, 0.25) is 0 Å². The highest BCUT2D eigenvalue weighted by molar-refractivity contribution is 5.37. The van der Waals surface area contributed by atoms with Gasteiger partial charge in [-0.2, -0.15) is 5.10 Å². The highest BCUT2D eigenvalue weighted by atomic mass is 15.1. The third kappa shape index (κ3) is 1.05. The zero-order valence-corrected chi connectivity index (χ0v) is 7.25. The van der Waals surface area contributed by atoms with Gasteiger partial charge >= 0.3 is 0 Å². The quantitative estimate of drug-likeness (QED) is 0.682. The van der Waals surface area contributed by atoms with Crippen molar-refractivity contribution in [3.05, 3.63) is 17.3 Å². The predicted octanol–water partition coefficient (Wildman–Crippen LogP) is 1.50. The van der Waals surface area contributed by atoms with Gasteiger partial charge in [-0.3, -0.25) is 0 Å². The SMILES string of the molecule is CCC1CCc2cc(N)nnc21. The van der Waals surface area contributed by atoms with Crippen molar-refractivity contribution in [2.45, 2.75) is 32.1 Å². The second-order valence-electron chi connectivity index (χ2n) is 3.32. The summed E-state index contributed by atoms with van der Waals surface area (Å²) in [5, 5.41) is 8.01. The minimum atomic E-state index is 0.547. The minimum absolute atomic E-state index is 0.547. The van der Waals surface area contributed by atoms with E-state index in [9.17, 15) is 0 Å². The summed E-state index contributed by atoms with van der Waals surface area (Å²) in [5.74, 6) is 1.17. The molecule has 64 valence electrons. The molecule has 0 radical (unpaired) electrons. The van der Waals surface area contributed by atoms with Crippen molar-refractivity contribution in [1.82, 2.24) is 10.2 Å². The lowest BCUT2D eigenvalue weighted by atomic mass is 10.0. The average molecular weight is 163 g/mol. The van der Waals surface area contributed by atoms with Crippen LogP contribution in [0.1, 0.15) is 36.9 Å². The molecule has 1 unspecified atom stereocenters. The van der Waals surface area contributed by atoms with Crippen molar-refractivity contribution in [3.8, 4) is 0 Å². The Kier molecular flexibility index (Phi) is 1.71. The molecule has 0 bridgehead atoms. The molecular weight excluding hydrogens is 150 g/mol. The third-order valence-electron chi connectivity index (χ3n) is 2.57. The first-order valence-corrected chi connectivity index (χ1v) is 4.43. The van der Waals surface area contributed by atoms with Crippen LogP contribution in [0.3, 0.4) is 0 Å². The van der Waals surface area contributed by atoms with E-state index in [0.717, 1.165) is 12.8 Å². The van der Waals surface area contributed by atoms with Crippen molar-refractivity contribution in [2.75, 3.05) is 5.73 Å². The number of hydrogen-bond donors (Lipinski definition) is 1. The summed E-state index contributed by atoms with van der Waals surface area (Å²) in [5.41, 5.74) is 8.02. The molecule has 12 heavy (non-hydrogen) atoms. The van der Waals surface area contributed by atoms with Gasteiger partial charge in [-0.1, -0.05) is 6.92 Å². The molecule has 2 rings (SSSR count). The molecule has 0 aliphatic heterocycles. The molecule has 1 aromatic rings. The highest BCUT2D eigenvalue weighted by Gasteiger charge is 2.22. The number of hydrogen-bond acceptors (Lipinski definition) is 3. The fourth-order valence-corrected chi connectivity index (χ4v) is 1.87. The van der Waals surface area contributed by atoms with Crippen LogP contribution in [0.4, 0.5) is 5.82 Å². The topological polar surface area (TPSA) is 51.8 Å². The summed E-state index contributed by atoms with van der Waals surface area (Å²) < 4.78 is 0. The van der Waals surface area contributed by atoms with Crippen molar-refractivity contribution in [1.29, 1.82) is 0 Å². The first kappa shape index (κ1) is 7.53. The maximum absolute atomic E-state index is 5.54. The number of nitrogens with zero attached hydrogens (tertiary/aromatic N) is 2. The van der Waals surface area contributed by atoms with Gasteiger partial charge in [0.15, 0.2) is 0 Å². The van der Waals surface area contributed by atoms with Gasteiger partial charge in [-0.25, -0.2) is 0 Å². The molecule has 1 aliphatic rings. The van der Waals surface area contributed by atoms with Gasteiger partial charge in [0, 0.05) is 5.92 Å². The van der Waals surface area contributed by atoms with E-state index in [0.29, 0.717) is 11.7 Å². The van der Waals surface area contributed by atoms with E-state index >= 15 is 0 Å². The smallest absolute Gasteiger partial charge is 0.146 e. The van der Waals surface area contributed by atoms with Crippen molar-refractivity contribution in [2.24, 2.45) is 0 Å². The van der Waals surface area contributed by atoms with E-state index in [4.69, 9.17) is 5.73 Å². The fourth-order valence-electron chi connectivity index (χ4n) is 1.87. The van der Waals surface area contributed by atoms with E-state index in [-0.39, 0.29) is 0 Å². The Hall–Kier alpha value is -1.12. The number of aromatic nitrogens is 2. The number of aryl methyl sites for hydroxylation is 1.